The van der Waals surface area contributed by atoms with Crippen LogP contribution in [0.25, 0.3) is 0 Å². The maximum absolute atomic E-state index is 14.3. The fourth-order valence-corrected chi connectivity index (χ4v) is 2.78. The van der Waals surface area contributed by atoms with E-state index in [1.807, 2.05) is 13.0 Å². The second-order valence-electron chi connectivity index (χ2n) is 8.60. The van der Waals surface area contributed by atoms with Crippen molar-refractivity contribution in [2.45, 2.75) is 58.5 Å². The predicted molar refractivity (Wildman–Crippen MR) is 127 cm³/mol. The third-order valence-corrected chi connectivity index (χ3v) is 4.90. The van der Waals surface area contributed by atoms with E-state index in [9.17, 15) is 4.39 Å². The van der Waals surface area contributed by atoms with Crippen LogP contribution in [-0.4, -0.2) is 24.6 Å². The van der Waals surface area contributed by atoms with Crippen molar-refractivity contribution in [3.05, 3.63) is 47.4 Å². The minimum atomic E-state index is -0.339. The van der Waals surface area contributed by atoms with Crippen LogP contribution in [0, 0.1) is 11.7 Å². The van der Waals surface area contributed by atoms with E-state index >= 15 is 0 Å². The van der Waals surface area contributed by atoms with Crippen molar-refractivity contribution >= 4 is 29.9 Å². The van der Waals surface area contributed by atoms with Crippen LogP contribution in [0.2, 0.25) is 0 Å². The lowest BCUT2D eigenvalue weighted by molar-refractivity contribution is 0.285. The van der Waals surface area contributed by atoms with Gasteiger partial charge in [-0.25, -0.2) is 9.37 Å². The Balaban J connectivity index is 0.00000320. The standard InChI is InChI=1S/C22H31FN4O2.HI/c1-14(16-8-9-18(17(23)10-16)28-13-15-6-7-15)27-21(24-5)26-12-20-25-11-19(29-20)22(2,3)4;/h8-11,14-15H,6-7,12-13H2,1-5H3,(H2,24,26,27);1H. The van der Waals surface area contributed by atoms with Crippen LogP contribution in [0.15, 0.2) is 33.8 Å². The Morgan fingerprint density at radius 1 is 1.37 bits per heavy atom. The molecular formula is C22H32FIN4O2. The third-order valence-electron chi connectivity index (χ3n) is 4.90. The summed E-state index contributed by atoms with van der Waals surface area (Å²) in [6.45, 7) is 9.19. The van der Waals surface area contributed by atoms with E-state index in [0.29, 0.717) is 36.7 Å². The number of ether oxygens (including phenoxy) is 1. The normalized spacial score (nSPS) is 15.3. The van der Waals surface area contributed by atoms with Crippen molar-refractivity contribution in [3.8, 4) is 5.75 Å². The number of nitrogens with zero attached hydrogens (tertiary/aromatic N) is 2. The number of oxazole rings is 1. The van der Waals surface area contributed by atoms with E-state index in [2.05, 4.69) is 41.4 Å². The van der Waals surface area contributed by atoms with E-state index < -0.39 is 0 Å². The molecular weight excluding hydrogens is 498 g/mol. The first-order valence-electron chi connectivity index (χ1n) is 10.1. The lowest BCUT2D eigenvalue weighted by Gasteiger charge is -2.18. The summed E-state index contributed by atoms with van der Waals surface area (Å²) in [7, 11) is 1.69. The Labute approximate surface area is 195 Å². The Bertz CT molecular complexity index is 859. The Kier molecular flexibility index (Phi) is 8.52. The van der Waals surface area contributed by atoms with E-state index in [0.717, 1.165) is 11.3 Å². The molecule has 1 heterocycles. The van der Waals surface area contributed by atoms with Gasteiger partial charge in [0, 0.05) is 12.5 Å². The number of hydrogen-bond donors (Lipinski definition) is 2. The molecule has 2 N–H and O–H groups in total. The molecule has 0 saturated heterocycles. The number of aromatic nitrogens is 1. The molecule has 166 valence electrons. The highest BCUT2D eigenvalue weighted by atomic mass is 127. The fraction of sp³-hybridized carbons (Fsp3) is 0.545. The number of hydrogen-bond acceptors (Lipinski definition) is 4. The number of benzene rings is 1. The minimum Gasteiger partial charge on any atom is -0.490 e. The molecule has 1 aliphatic rings. The van der Waals surface area contributed by atoms with Crippen molar-refractivity contribution in [1.29, 1.82) is 0 Å². The topological polar surface area (TPSA) is 71.7 Å². The van der Waals surface area contributed by atoms with Gasteiger partial charge in [0.2, 0.25) is 5.89 Å². The highest BCUT2D eigenvalue weighted by Gasteiger charge is 2.23. The van der Waals surface area contributed by atoms with E-state index in [1.165, 1.54) is 18.9 Å². The average Bonchev–Trinajstić information content (AvgIpc) is 3.37. The Hall–Kier alpha value is -1.84. The molecule has 6 nitrogen and oxygen atoms in total. The largest absolute Gasteiger partial charge is 0.490 e. The Morgan fingerprint density at radius 3 is 2.67 bits per heavy atom. The summed E-state index contributed by atoms with van der Waals surface area (Å²) in [5, 5.41) is 6.44. The van der Waals surface area contributed by atoms with E-state index in [1.54, 1.807) is 19.3 Å². The van der Waals surface area contributed by atoms with Crippen LogP contribution < -0.4 is 15.4 Å². The highest BCUT2D eigenvalue weighted by Crippen LogP contribution is 2.30. The maximum atomic E-state index is 14.3. The first-order valence-corrected chi connectivity index (χ1v) is 10.1. The van der Waals surface area contributed by atoms with Gasteiger partial charge in [0.05, 0.1) is 25.4 Å². The zero-order chi connectivity index (χ0) is 21.0. The van der Waals surface area contributed by atoms with Gasteiger partial charge >= 0.3 is 0 Å². The summed E-state index contributed by atoms with van der Waals surface area (Å²) < 4.78 is 25.7. The zero-order valence-corrected chi connectivity index (χ0v) is 20.6. The molecule has 3 rings (SSSR count). The summed E-state index contributed by atoms with van der Waals surface area (Å²) in [6.07, 6.45) is 4.11. The lowest BCUT2D eigenvalue weighted by atomic mass is 9.94. The molecule has 1 saturated carbocycles. The third kappa shape index (κ3) is 6.85. The fourth-order valence-electron chi connectivity index (χ4n) is 2.78. The smallest absolute Gasteiger partial charge is 0.213 e. The van der Waals surface area contributed by atoms with Gasteiger partial charge in [-0.05, 0) is 43.4 Å². The first-order chi connectivity index (χ1) is 13.8. The number of nitrogens with one attached hydrogen (secondary N) is 2. The zero-order valence-electron chi connectivity index (χ0n) is 18.3. The summed E-state index contributed by atoms with van der Waals surface area (Å²) in [4.78, 5) is 8.53. The lowest BCUT2D eigenvalue weighted by Crippen LogP contribution is -2.38. The van der Waals surface area contributed by atoms with Crippen molar-refractivity contribution < 1.29 is 13.5 Å². The minimum absolute atomic E-state index is 0. The molecule has 1 atom stereocenters. The molecule has 1 unspecified atom stereocenters. The molecule has 0 radical (unpaired) electrons. The van der Waals surface area contributed by atoms with Gasteiger partial charge in [-0.3, -0.25) is 4.99 Å². The highest BCUT2D eigenvalue weighted by molar-refractivity contribution is 14.0. The van der Waals surface area contributed by atoms with Crippen LogP contribution in [0.1, 0.15) is 63.8 Å². The summed E-state index contributed by atoms with van der Waals surface area (Å²) >= 11 is 0. The number of aliphatic imine (C=N–C) groups is 1. The van der Waals surface area contributed by atoms with Crippen molar-refractivity contribution in [1.82, 2.24) is 15.6 Å². The maximum Gasteiger partial charge on any atom is 0.213 e. The van der Waals surface area contributed by atoms with Crippen LogP contribution in [-0.2, 0) is 12.0 Å². The summed E-state index contributed by atoms with van der Waals surface area (Å²) in [5.41, 5.74) is 0.730. The molecule has 1 aromatic heterocycles. The molecule has 1 fully saturated rings. The SMILES string of the molecule is CN=C(NCc1ncc(C(C)(C)C)o1)NC(C)c1ccc(OCC2CC2)c(F)c1.I. The molecule has 1 aromatic carbocycles. The van der Waals surface area contributed by atoms with Crippen LogP contribution >= 0.6 is 24.0 Å². The second-order valence-corrected chi connectivity index (χ2v) is 8.60. The number of guanidine groups is 1. The van der Waals surface area contributed by atoms with Crippen molar-refractivity contribution in [3.63, 3.8) is 0 Å². The van der Waals surface area contributed by atoms with Gasteiger partial charge in [-0.1, -0.05) is 26.8 Å². The molecule has 0 bridgehead atoms. The van der Waals surface area contributed by atoms with Crippen molar-refractivity contribution in [2.75, 3.05) is 13.7 Å². The molecule has 30 heavy (non-hydrogen) atoms. The predicted octanol–water partition coefficient (Wildman–Crippen LogP) is 4.94. The van der Waals surface area contributed by atoms with Gasteiger partial charge < -0.3 is 19.8 Å². The second kappa shape index (κ2) is 10.5. The van der Waals surface area contributed by atoms with Gasteiger partial charge in [0.1, 0.15) is 5.76 Å². The van der Waals surface area contributed by atoms with Gasteiger partial charge in [0.25, 0.3) is 0 Å². The molecule has 0 amide bonds. The molecule has 1 aliphatic carbocycles. The molecule has 0 spiro atoms. The molecule has 8 heteroatoms. The van der Waals surface area contributed by atoms with E-state index in [4.69, 9.17) is 9.15 Å². The van der Waals surface area contributed by atoms with Gasteiger partial charge in [-0.15, -0.1) is 24.0 Å². The number of rotatable bonds is 7. The van der Waals surface area contributed by atoms with Crippen LogP contribution in [0.3, 0.4) is 0 Å². The van der Waals surface area contributed by atoms with Crippen LogP contribution in [0.4, 0.5) is 4.39 Å². The monoisotopic (exact) mass is 530 g/mol. The van der Waals surface area contributed by atoms with Crippen LogP contribution in [0.5, 0.6) is 5.75 Å². The van der Waals surface area contributed by atoms with Gasteiger partial charge in [-0.2, -0.15) is 0 Å². The molecule has 0 aliphatic heterocycles. The summed E-state index contributed by atoms with van der Waals surface area (Å²) in [6, 6.07) is 4.95. The van der Waals surface area contributed by atoms with E-state index in [-0.39, 0.29) is 41.3 Å². The quantitative estimate of drug-likeness (QED) is 0.302. The summed E-state index contributed by atoms with van der Waals surface area (Å²) in [5.74, 6) is 2.58. The number of halogens is 2. The Morgan fingerprint density at radius 2 is 2.10 bits per heavy atom. The van der Waals surface area contributed by atoms with Crippen molar-refractivity contribution in [2.24, 2.45) is 10.9 Å². The van der Waals surface area contributed by atoms with Gasteiger partial charge in [0.15, 0.2) is 17.5 Å². The first kappa shape index (κ1) is 24.4. The molecule has 2 aromatic rings. The average molecular weight is 530 g/mol.